The van der Waals surface area contributed by atoms with Gasteiger partial charge < -0.3 is 18.9 Å². The van der Waals surface area contributed by atoms with Crippen molar-refractivity contribution in [2.45, 2.75) is 245 Å². The van der Waals surface area contributed by atoms with E-state index in [9.17, 15) is 19.2 Å². The molecule has 0 saturated carbocycles. The van der Waals surface area contributed by atoms with E-state index in [2.05, 4.69) is 60.4 Å². The quantitative estimate of drug-likeness (QED) is 0.0351. The van der Waals surface area contributed by atoms with E-state index in [0.717, 1.165) is 57.8 Å². The van der Waals surface area contributed by atoms with Crippen molar-refractivity contribution in [1.29, 1.82) is 0 Å². The zero-order valence-electron chi connectivity index (χ0n) is 38.4. The third kappa shape index (κ3) is 24.5. The van der Waals surface area contributed by atoms with Crippen molar-refractivity contribution in [1.82, 2.24) is 4.90 Å². The number of carbonyl (C=O) groups excluding carboxylic acids is 4. The van der Waals surface area contributed by atoms with Crippen LogP contribution in [0.4, 0.5) is 0 Å². The van der Waals surface area contributed by atoms with Crippen molar-refractivity contribution in [2.75, 3.05) is 26.9 Å². The first-order valence-electron chi connectivity index (χ1n) is 23.7. The molecular formula is C48H89NO8. The third-order valence-corrected chi connectivity index (χ3v) is 12.2. The molecule has 57 heavy (non-hydrogen) atoms. The van der Waals surface area contributed by atoms with Crippen LogP contribution in [0.15, 0.2) is 0 Å². The van der Waals surface area contributed by atoms with Gasteiger partial charge in [-0.05, 0) is 54.0 Å². The lowest BCUT2D eigenvalue weighted by atomic mass is 9.78. The number of hydrogen-bond donors (Lipinski definition) is 0. The molecule has 9 nitrogen and oxygen atoms in total. The Bertz CT molecular complexity index is 1060. The second-order valence-corrected chi connectivity index (χ2v) is 18.3. The number of nitrogens with zero attached hydrogens (tertiary/aromatic N) is 1. The summed E-state index contributed by atoms with van der Waals surface area (Å²) in [6.07, 6.45) is 26.7. The van der Waals surface area contributed by atoms with Crippen LogP contribution < -0.4 is 0 Å². The number of unbranched alkanes of at least 4 members (excludes halogenated alkanes) is 21. The Morgan fingerprint density at radius 1 is 0.474 bits per heavy atom. The zero-order valence-corrected chi connectivity index (χ0v) is 38.4. The van der Waals surface area contributed by atoms with E-state index in [1.165, 1.54) is 83.5 Å². The van der Waals surface area contributed by atoms with Crippen LogP contribution in [0, 0.1) is 11.8 Å². The molecule has 0 aromatic heterocycles. The maximum Gasteiger partial charge on any atom is 0.310 e. The zero-order chi connectivity index (χ0) is 42.4. The molecule has 0 spiro atoms. The van der Waals surface area contributed by atoms with Crippen LogP contribution >= 0.6 is 0 Å². The summed E-state index contributed by atoms with van der Waals surface area (Å²) < 4.78 is 23.2. The second kappa shape index (κ2) is 31.7. The van der Waals surface area contributed by atoms with Crippen molar-refractivity contribution >= 4 is 23.9 Å². The normalized spacial score (nSPS) is 16.5. The molecular weight excluding hydrogens is 719 g/mol. The minimum Gasteiger partial charge on any atom is -0.466 e. The van der Waals surface area contributed by atoms with Crippen molar-refractivity contribution in [3.05, 3.63) is 0 Å². The average Bonchev–Trinajstić information content (AvgIpc) is 3.15. The number of carbonyl (C=O) groups is 4. The first-order valence-corrected chi connectivity index (χ1v) is 23.7. The molecule has 0 bridgehead atoms. The van der Waals surface area contributed by atoms with Gasteiger partial charge in [0.15, 0.2) is 0 Å². The smallest absolute Gasteiger partial charge is 0.310 e. The van der Waals surface area contributed by atoms with Crippen molar-refractivity contribution in [3.63, 3.8) is 0 Å². The van der Waals surface area contributed by atoms with E-state index in [1.807, 2.05) is 0 Å². The molecule has 0 amide bonds. The fourth-order valence-electron chi connectivity index (χ4n) is 8.25. The predicted octanol–water partition coefficient (Wildman–Crippen LogP) is 12.2. The molecule has 2 atom stereocenters. The standard InChI is InChI=1S/C48H89NO8/c1-9-12-15-18-21-24-27-30-33-54-43(50)36-41(45(52)55-34-31-28-25-22-19-16-13-10-2)42(46(53)56-35-32-29-26-23-20-17-14-11-3)37-44(51)57-40-38-47(4,5)49(8)48(6,7)39-40/h40-42H,9-39H2,1-8H3. The predicted molar refractivity (Wildman–Crippen MR) is 232 cm³/mol. The molecule has 0 N–H and O–H groups in total. The molecule has 334 valence electrons. The number of hydrogen-bond acceptors (Lipinski definition) is 9. The Morgan fingerprint density at radius 2 is 0.772 bits per heavy atom. The minimum atomic E-state index is -1.22. The molecule has 2 unspecified atom stereocenters. The number of ether oxygens (including phenoxy) is 4. The lowest BCUT2D eigenvalue weighted by molar-refractivity contribution is -0.171. The van der Waals surface area contributed by atoms with Gasteiger partial charge >= 0.3 is 23.9 Å². The van der Waals surface area contributed by atoms with Gasteiger partial charge in [-0.25, -0.2) is 0 Å². The van der Waals surface area contributed by atoms with E-state index in [0.29, 0.717) is 25.7 Å². The van der Waals surface area contributed by atoms with E-state index in [4.69, 9.17) is 18.9 Å². The Morgan fingerprint density at radius 3 is 1.12 bits per heavy atom. The second-order valence-electron chi connectivity index (χ2n) is 18.3. The number of piperidine rings is 1. The van der Waals surface area contributed by atoms with Crippen molar-refractivity contribution in [2.24, 2.45) is 11.8 Å². The minimum absolute atomic E-state index is 0.194. The summed E-state index contributed by atoms with van der Waals surface area (Å²) in [6.45, 7) is 15.8. The number of esters is 4. The van der Waals surface area contributed by atoms with Gasteiger partial charge in [0.25, 0.3) is 0 Å². The topological polar surface area (TPSA) is 108 Å². The SMILES string of the molecule is CCCCCCCCCCOC(=O)CC(C(=O)OCCCCCCCCCC)C(CC(=O)OC1CC(C)(C)N(C)C(C)(C)C1)C(=O)OCCCCCCCCCC. The van der Waals surface area contributed by atoms with Gasteiger partial charge in [-0.1, -0.05) is 156 Å². The lowest BCUT2D eigenvalue weighted by Gasteiger charge is -2.53. The van der Waals surface area contributed by atoms with E-state index in [1.54, 1.807) is 0 Å². The van der Waals surface area contributed by atoms with Crippen LogP contribution in [0.1, 0.15) is 228 Å². The molecule has 1 rings (SSSR count). The molecule has 1 aliphatic heterocycles. The van der Waals surface area contributed by atoms with Gasteiger partial charge in [-0.2, -0.15) is 0 Å². The summed E-state index contributed by atoms with van der Waals surface area (Å²) in [5.74, 6) is -4.90. The highest BCUT2D eigenvalue weighted by Gasteiger charge is 2.45. The largest absolute Gasteiger partial charge is 0.466 e. The van der Waals surface area contributed by atoms with Crippen molar-refractivity contribution < 1.29 is 38.1 Å². The fraction of sp³-hybridized carbons (Fsp3) is 0.917. The molecule has 1 heterocycles. The molecule has 0 aromatic carbocycles. The highest BCUT2D eigenvalue weighted by molar-refractivity contribution is 5.88. The van der Waals surface area contributed by atoms with Crippen LogP contribution in [0.3, 0.4) is 0 Å². The maximum absolute atomic E-state index is 13.9. The van der Waals surface area contributed by atoms with Gasteiger partial charge in [0.05, 0.1) is 44.5 Å². The number of rotatable bonds is 35. The molecule has 1 aliphatic rings. The van der Waals surface area contributed by atoms with Crippen molar-refractivity contribution in [3.8, 4) is 0 Å². The van der Waals surface area contributed by atoms with Crippen LogP contribution in [-0.4, -0.2) is 72.8 Å². The Balaban J connectivity index is 3.06. The highest BCUT2D eigenvalue weighted by atomic mass is 16.6. The molecule has 0 aliphatic carbocycles. The van der Waals surface area contributed by atoms with Gasteiger partial charge in [0, 0.05) is 23.9 Å². The van der Waals surface area contributed by atoms with Gasteiger partial charge in [0.2, 0.25) is 0 Å². The van der Waals surface area contributed by atoms with Crippen LogP contribution in [-0.2, 0) is 38.1 Å². The van der Waals surface area contributed by atoms with E-state index >= 15 is 0 Å². The summed E-state index contributed by atoms with van der Waals surface area (Å²) in [6, 6.07) is 0. The van der Waals surface area contributed by atoms with Gasteiger partial charge in [0.1, 0.15) is 6.10 Å². The summed E-state index contributed by atoms with van der Waals surface area (Å²) >= 11 is 0. The summed E-state index contributed by atoms with van der Waals surface area (Å²) in [4.78, 5) is 57.1. The summed E-state index contributed by atoms with van der Waals surface area (Å²) in [7, 11) is 2.09. The van der Waals surface area contributed by atoms with E-state index < -0.39 is 35.7 Å². The number of likely N-dealkylation sites (tertiary alicyclic amines) is 1. The maximum atomic E-state index is 13.9. The van der Waals surface area contributed by atoms with Crippen LogP contribution in [0.2, 0.25) is 0 Å². The first kappa shape index (κ1) is 52.9. The monoisotopic (exact) mass is 808 g/mol. The van der Waals surface area contributed by atoms with Crippen LogP contribution in [0.25, 0.3) is 0 Å². The highest BCUT2D eigenvalue weighted by Crippen LogP contribution is 2.38. The Kier molecular flexibility index (Phi) is 29.4. The van der Waals surface area contributed by atoms with Gasteiger partial charge in [-0.3, -0.25) is 24.1 Å². The molecule has 1 saturated heterocycles. The van der Waals surface area contributed by atoms with Gasteiger partial charge in [-0.15, -0.1) is 0 Å². The molecule has 0 radical (unpaired) electrons. The van der Waals surface area contributed by atoms with Crippen LogP contribution in [0.5, 0.6) is 0 Å². The summed E-state index contributed by atoms with van der Waals surface area (Å²) in [5.41, 5.74) is -0.413. The third-order valence-electron chi connectivity index (χ3n) is 12.2. The summed E-state index contributed by atoms with van der Waals surface area (Å²) in [5, 5.41) is 0. The average molecular weight is 808 g/mol. The molecule has 0 aromatic rings. The fourth-order valence-corrected chi connectivity index (χ4v) is 8.25. The Hall–Kier alpha value is -2.16. The first-order chi connectivity index (χ1) is 27.3. The van der Waals surface area contributed by atoms with E-state index in [-0.39, 0.29) is 49.8 Å². The molecule has 9 heteroatoms. The Labute approximate surface area is 350 Å². The lowest BCUT2D eigenvalue weighted by Crippen LogP contribution is -2.60. The molecule has 1 fully saturated rings.